The summed E-state index contributed by atoms with van der Waals surface area (Å²) >= 11 is 0. The number of hydrogen-bond donors (Lipinski definition) is 0. The number of hydrogen-bond acceptors (Lipinski definition) is 6. The molecule has 5 rings (SSSR count). The van der Waals surface area contributed by atoms with Crippen LogP contribution in [0, 0.1) is 5.92 Å². The van der Waals surface area contributed by atoms with Crippen molar-refractivity contribution in [3.63, 3.8) is 0 Å². The summed E-state index contributed by atoms with van der Waals surface area (Å²) in [6, 6.07) is 6.75. The Morgan fingerprint density at radius 1 is 1.13 bits per heavy atom. The predicted octanol–water partition coefficient (Wildman–Crippen LogP) is 3.43. The van der Waals surface area contributed by atoms with Gasteiger partial charge in [-0.2, -0.15) is 5.10 Å². The molecule has 0 spiro atoms. The second-order valence-corrected chi connectivity index (χ2v) is 8.64. The van der Waals surface area contributed by atoms with E-state index < -0.39 is 0 Å². The van der Waals surface area contributed by atoms with E-state index in [4.69, 9.17) is 14.7 Å². The topological polar surface area (TPSA) is 73.1 Å². The number of ether oxygens (including phenoxy) is 1. The summed E-state index contributed by atoms with van der Waals surface area (Å²) in [5.41, 5.74) is 5.00. The van der Waals surface area contributed by atoms with Crippen LogP contribution in [0.4, 0.5) is 0 Å². The number of nitrogens with zero attached hydrogens (tertiary/aromatic N) is 5. The highest BCUT2D eigenvalue weighted by Crippen LogP contribution is 2.38. The highest BCUT2D eigenvalue weighted by Gasteiger charge is 2.36. The number of carbonyl (C=O) groups excluding carboxylic acids is 1. The second-order valence-electron chi connectivity index (χ2n) is 8.64. The van der Waals surface area contributed by atoms with Gasteiger partial charge in [0.25, 0.3) is 0 Å². The van der Waals surface area contributed by atoms with Gasteiger partial charge in [0.05, 0.1) is 48.2 Å². The molecule has 2 aromatic heterocycles. The van der Waals surface area contributed by atoms with Crippen LogP contribution in [0.1, 0.15) is 43.2 Å². The van der Waals surface area contributed by atoms with E-state index >= 15 is 0 Å². The van der Waals surface area contributed by atoms with Crippen molar-refractivity contribution < 1.29 is 9.53 Å². The first-order valence-corrected chi connectivity index (χ1v) is 10.7. The monoisotopic (exact) mass is 405 g/mol. The summed E-state index contributed by atoms with van der Waals surface area (Å²) < 4.78 is 6.75. The van der Waals surface area contributed by atoms with Crippen LogP contribution in [0.15, 0.2) is 36.8 Å². The van der Waals surface area contributed by atoms with Crippen LogP contribution in [-0.4, -0.2) is 57.9 Å². The van der Waals surface area contributed by atoms with E-state index in [2.05, 4.69) is 35.2 Å². The van der Waals surface area contributed by atoms with Gasteiger partial charge >= 0.3 is 5.97 Å². The van der Waals surface area contributed by atoms with Crippen molar-refractivity contribution in [1.29, 1.82) is 0 Å². The van der Waals surface area contributed by atoms with E-state index in [9.17, 15) is 4.79 Å². The second kappa shape index (κ2) is 7.80. The van der Waals surface area contributed by atoms with Crippen molar-refractivity contribution in [1.82, 2.24) is 24.6 Å². The normalized spacial score (nSPS) is 22.7. The molecular formula is C23H27N5O2. The SMILES string of the molecule is COC(=O)C1CC(n2cc(-c3cnc4cc(C5CCN(C)CC5)ccc4n3)cn2)C1. The van der Waals surface area contributed by atoms with Gasteiger partial charge in [0.15, 0.2) is 0 Å². The lowest BCUT2D eigenvalue weighted by atomic mass is 9.80. The molecule has 7 nitrogen and oxygen atoms in total. The number of carbonyl (C=O) groups is 1. The first-order valence-electron chi connectivity index (χ1n) is 10.7. The molecule has 0 amide bonds. The van der Waals surface area contributed by atoms with Gasteiger partial charge in [0, 0.05) is 11.8 Å². The predicted molar refractivity (Wildman–Crippen MR) is 114 cm³/mol. The molecule has 0 bridgehead atoms. The molecule has 0 unspecified atom stereocenters. The number of esters is 1. The van der Waals surface area contributed by atoms with Crippen molar-refractivity contribution >= 4 is 17.0 Å². The molecule has 2 aliphatic rings. The van der Waals surface area contributed by atoms with Gasteiger partial charge in [-0.25, -0.2) is 4.98 Å². The van der Waals surface area contributed by atoms with Crippen molar-refractivity contribution in [2.75, 3.05) is 27.2 Å². The lowest BCUT2D eigenvalue weighted by molar-refractivity contribution is -0.149. The fraction of sp³-hybridized carbons (Fsp3) is 0.478. The third-order valence-electron chi connectivity index (χ3n) is 6.68. The van der Waals surface area contributed by atoms with Gasteiger partial charge < -0.3 is 9.64 Å². The van der Waals surface area contributed by atoms with Crippen molar-refractivity contribution in [2.45, 2.75) is 37.6 Å². The lowest BCUT2D eigenvalue weighted by Crippen LogP contribution is -2.33. The Morgan fingerprint density at radius 3 is 2.70 bits per heavy atom. The van der Waals surface area contributed by atoms with Gasteiger partial charge in [-0.3, -0.25) is 14.5 Å². The maximum absolute atomic E-state index is 11.6. The van der Waals surface area contributed by atoms with Crippen LogP contribution in [0.2, 0.25) is 0 Å². The Morgan fingerprint density at radius 2 is 1.93 bits per heavy atom. The van der Waals surface area contributed by atoms with E-state index in [0.717, 1.165) is 48.2 Å². The van der Waals surface area contributed by atoms with Crippen LogP contribution in [-0.2, 0) is 9.53 Å². The first-order chi connectivity index (χ1) is 14.6. The minimum atomic E-state index is -0.126. The molecule has 156 valence electrons. The fourth-order valence-corrected chi connectivity index (χ4v) is 4.60. The molecule has 1 saturated carbocycles. The van der Waals surface area contributed by atoms with Crippen LogP contribution >= 0.6 is 0 Å². The van der Waals surface area contributed by atoms with E-state index in [0.29, 0.717) is 5.92 Å². The summed E-state index contributed by atoms with van der Waals surface area (Å²) in [7, 11) is 3.63. The number of methoxy groups -OCH3 is 1. The van der Waals surface area contributed by atoms with Crippen LogP contribution in [0.25, 0.3) is 22.3 Å². The fourth-order valence-electron chi connectivity index (χ4n) is 4.60. The van der Waals surface area contributed by atoms with Crippen molar-refractivity contribution in [3.8, 4) is 11.3 Å². The number of aromatic nitrogens is 4. The van der Waals surface area contributed by atoms with Crippen molar-refractivity contribution in [3.05, 3.63) is 42.4 Å². The Hall–Kier alpha value is -2.80. The van der Waals surface area contributed by atoms with E-state index in [-0.39, 0.29) is 17.9 Å². The van der Waals surface area contributed by atoms with E-state index in [1.165, 1.54) is 25.5 Å². The zero-order valence-electron chi connectivity index (χ0n) is 17.5. The molecular weight excluding hydrogens is 378 g/mol. The number of benzene rings is 1. The number of fused-ring (bicyclic) bond motifs is 1. The molecule has 1 saturated heterocycles. The molecule has 1 aliphatic heterocycles. The summed E-state index contributed by atoms with van der Waals surface area (Å²) in [5, 5.41) is 4.49. The van der Waals surface area contributed by atoms with E-state index in [1.54, 1.807) is 0 Å². The Labute approximate surface area is 176 Å². The van der Waals surface area contributed by atoms with Gasteiger partial charge in [-0.15, -0.1) is 0 Å². The molecule has 2 fully saturated rings. The van der Waals surface area contributed by atoms with Crippen LogP contribution < -0.4 is 0 Å². The van der Waals surface area contributed by atoms with Crippen molar-refractivity contribution in [2.24, 2.45) is 5.92 Å². The maximum Gasteiger partial charge on any atom is 0.308 e. The maximum atomic E-state index is 11.6. The minimum absolute atomic E-state index is 0.00753. The quantitative estimate of drug-likeness (QED) is 0.619. The molecule has 30 heavy (non-hydrogen) atoms. The van der Waals surface area contributed by atoms with Gasteiger partial charge in [0.1, 0.15) is 0 Å². The number of likely N-dealkylation sites (tertiary alicyclic amines) is 1. The summed E-state index contributed by atoms with van der Waals surface area (Å²) in [6.07, 6.45) is 9.61. The highest BCUT2D eigenvalue weighted by molar-refractivity contribution is 5.77. The number of piperidine rings is 1. The van der Waals surface area contributed by atoms with Gasteiger partial charge in [-0.05, 0) is 69.4 Å². The molecule has 0 atom stereocenters. The molecule has 0 radical (unpaired) electrons. The first kappa shape index (κ1) is 19.2. The molecule has 1 aliphatic carbocycles. The Bertz CT molecular complexity index is 1060. The molecule has 7 heteroatoms. The smallest absolute Gasteiger partial charge is 0.308 e. The minimum Gasteiger partial charge on any atom is -0.469 e. The zero-order valence-corrected chi connectivity index (χ0v) is 17.5. The number of rotatable bonds is 4. The van der Waals surface area contributed by atoms with Crippen LogP contribution in [0.5, 0.6) is 0 Å². The lowest BCUT2D eigenvalue weighted by Gasteiger charge is -2.33. The average Bonchev–Trinajstić information content (AvgIpc) is 3.22. The Balaban J connectivity index is 1.32. The Kier molecular flexibility index (Phi) is 4.98. The third-order valence-corrected chi connectivity index (χ3v) is 6.68. The zero-order chi connectivity index (χ0) is 20.7. The molecule has 1 aromatic carbocycles. The largest absolute Gasteiger partial charge is 0.469 e. The molecule has 3 aromatic rings. The van der Waals surface area contributed by atoms with Gasteiger partial charge in [-0.1, -0.05) is 6.07 Å². The standard InChI is InChI=1S/C23H27N5O2/c1-27-7-5-15(6-8-27)16-3-4-20-21(11-16)24-13-22(26-20)18-12-25-28(14-18)19-9-17(10-19)23(29)30-2/h3-4,11-15,17,19H,5-10H2,1-2H3. The molecule has 0 N–H and O–H groups in total. The average molecular weight is 406 g/mol. The van der Waals surface area contributed by atoms with Gasteiger partial charge in [0.2, 0.25) is 0 Å². The third kappa shape index (κ3) is 3.58. The van der Waals surface area contributed by atoms with E-state index in [1.807, 2.05) is 23.3 Å². The highest BCUT2D eigenvalue weighted by atomic mass is 16.5. The molecule has 3 heterocycles. The summed E-state index contributed by atoms with van der Waals surface area (Å²) in [6.45, 7) is 2.30. The van der Waals surface area contributed by atoms with Crippen LogP contribution in [0.3, 0.4) is 0 Å². The summed E-state index contributed by atoms with van der Waals surface area (Å²) in [5.74, 6) is 0.479. The summed E-state index contributed by atoms with van der Waals surface area (Å²) in [4.78, 5) is 23.5.